The summed E-state index contributed by atoms with van der Waals surface area (Å²) in [4.78, 5) is 23.3. The van der Waals surface area contributed by atoms with Gasteiger partial charge in [0.05, 0.1) is 4.92 Å². The molecule has 0 saturated carbocycles. The van der Waals surface area contributed by atoms with Crippen LogP contribution in [0.1, 0.15) is 18.4 Å². The molecule has 0 spiro atoms. The Hall–Kier alpha value is -1.27. The van der Waals surface area contributed by atoms with E-state index in [-0.39, 0.29) is 11.6 Å². The lowest BCUT2D eigenvalue weighted by atomic mass is 9.99. The van der Waals surface area contributed by atoms with Crippen LogP contribution < -0.4 is 0 Å². The molecule has 1 fully saturated rings. The number of carbonyl (C=O) groups excluding carboxylic acids is 1. The van der Waals surface area contributed by atoms with Crippen LogP contribution in [-0.2, 0) is 11.3 Å². The maximum absolute atomic E-state index is 10.8. The lowest BCUT2D eigenvalue weighted by Gasteiger charge is -2.30. The van der Waals surface area contributed by atoms with Crippen molar-refractivity contribution < 1.29 is 9.72 Å². The summed E-state index contributed by atoms with van der Waals surface area (Å²) in [5.74, 6) is 0.116. The number of likely N-dealkylation sites (tertiary alicyclic amines) is 1. The number of aldehydes is 1. The van der Waals surface area contributed by atoms with Crippen LogP contribution in [0.25, 0.3) is 0 Å². The second-order valence-electron chi connectivity index (χ2n) is 4.81. The molecule has 1 aliphatic heterocycles. The van der Waals surface area contributed by atoms with Gasteiger partial charge >= 0.3 is 0 Å². The van der Waals surface area contributed by atoms with Gasteiger partial charge in [0.2, 0.25) is 0 Å². The molecule has 2 rings (SSSR count). The Kier molecular flexibility index (Phi) is 4.66. The summed E-state index contributed by atoms with van der Waals surface area (Å²) in [6.45, 7) is 2.45. The van der Waals surface area contributed by atoms with Crippen LogP contribution >= 0.6 is 15.9 Å². The number of rotatable bonds is 4. The lowest BCUT2D eigenvalue weighted by molar-refractivity contribution is -0.384. The maximum Gasteiger partial charge on any atom is 0.270 e. The van der Waals surface area contributed by atoms with Gasteiger partial charge in [-0.05, 0) is 31.0 Å². The Morgan fingerprint density at radius 1 is 1.53 bits per heavy atom. The third kappa shape index (κ3) is 3.61. The highest BCUT2D eigenvalue weighted by molar-refractivity contribution is 9.10. The quantitative estimate of drug-likeness (QED) is 0.485. The van der Waals surface area contributed by atoms with Crippen molar-refractivity contribution in [2.24, 2.45) is 5.92 Å². The molecule has 1 unspecified atom stereocenters. The number of non-ortho nitro benzene ring substituents is 1. The number of hydrogen-bond donors (Lipinski definition) is 0. The van der Waals surface area contributed by atoms with Gasteiger partial charge < -0.3 is 4.79 Å². The molecule has 0 aromatic heterocycles. The molecule has 0 radical (unpaired) electrons. The number of halogens is 1. The topological polar surface area (TPSA) is 63.5 Å². The average molecular weight is 327 g/mol. The predicted octanol–water partition coefficient (Wildman–Crippen LogP) is 2.77. The monoisotopic (exact) mass is 326 g/mol. The smallest absolute Gasteiger partial charge is 0.270 e. The fourth-order valence-corrected chi connectivity index (χ4v) is 2.86. The molecule has 1 saturated heterocycles. The summed E-state index contributed by atoms with van der Waals surface area (Å²) in [5.41, 5.74) is 1.09. The Morgan fingerprint density at radius 2 is 2.32 bits per heavy atom. The third-order valence-corrected chi connectivity index (χ3v) is 4.11. The number of piperidine rings is 1. The van der Waals surface area contributed by atoms with E-state index in [0.29, 0.717) is 6.54 Å². The van der Waals surface area contributed by atoms with Crippen LogP contribution in [0.4, 0.5) is 5.69 Å². The first kappa shape index (κ1) is 14.1. The molecule has 102 valence electrons. The summed E-state index contributed by atoms with van der Waals surface area (Å²) >= 11 is 3.37. The predicted molar refractivity (Wildman–Crippen MR) is 74.9 cm³/mol. The summed E-state index contributed by atoms with van der Waals surface area (Å²) in [7, 11) is 0. The zero-order chi connectivity index (χ0) is 13.8. The van der Waals surface area contributed by atoms with Gasteiger partial charge in [-0.25, -0.2) is 0 Å². The van der Waals surface area contributed by atoms with E-state index in [1.165, 1.54) is 12.1 Å². The number of carbonyl (C=O) groups is 1. The minimum atomic E-state index is -0.405. The van der Waals surface area contributed by atoms with Crippen molar-refractivity contribution in [2.45, 2.75) is 19.4 Å². The van der Waals surface area contributed by atoms with Gasteiger partial charge in [-0.15, -0.1) is 0 Å². The number of benzene rings is 1. The molecule has 1 aliphatic rings. The largest absolute Gasteiger partial charge is 0.303 e. The summed E-state index contributed by atoms with van der Waals surface area (Å²) in [6.07, 6.45) is 3.01. The summed E-state index contributed by atoms with van der Waals surface area (Å²) in [5, 5.41) is 10.7. The van der Waals surface area contributed by atoms with Crippen LogP contribution in [0.15, 0.2) is 22.7 Å². The van der Waals surface area contributed by atoms with E-state index >= 15 is 0 Å². The SMILES string of the molecule is O=CC1CCCN(Cc2ccc([N+](=O)[O-])cc2Br)C1. The zero-order valence-electron chi connectivity index (χ0n) is 10.4. The number of nitro groups is 1. The van der Waals surface area contributed by atoms with Crippen molar-refractivity contribution in [3.05, 3.63) is 38.3 Å². The van der Waals surface area contributed by atoms with Crippen molar-refractivity contribution in [3.8, 4) is 0 Å². The van der Waals surface area contributed by atoms with Gasteiger partial charge in [0, 0.05) is 35.6 Å². The number of nitro benzene ring substituents is 1. The van der Waals surface area contributed by atoms with Crippen molar-refractivity contribution in [1.29, 1.82) is 0 Å². The van der Waals surface area contributed by atoms with Gasteiger partial charge in [-0.1, -0.05) is 15.9 Å². The van der Waals surface area contributed by atoms with Gasteiger partial charge in [-0.3, -0.25) is 15.0 Å². The van der Waals surface area contributed by atoms with Crippen molar-refractivity contribution in [3.63, 3.8) is 0 Å². The summed E-state index contributed by atoms with van der Waals surface area (Å²) in [6, 6.07) is 4.81. The molecule has 0 aliphatic carbocycles. The van der Waals surface area contributed by atoms with Crippen LogP contribution in [0, 0.1) is 16.0 Å². The molecule has 6 heteroatoms. The van der Waals surface area contributed by atoms with Crippen molar-refractivity contribution in [2.75, 3.05) is 13.1 Å². The van der Waals surface area contributed by atoms with E-state index < -0.39 is 4.92 Å². The zero-order valence-corrected chi connectivity index (χ0v) is 12.0. The molecule has 0 N–H and O–H groups in total. The van der Waals surface area contributed by atoms with E-state index in [0.717, 1.165) is 42.3 Å². The van der Waals surface area contributed by atoms with Gasteiger partial charge in [0.1, 0.15) is 6.29 Å². The van der Waals surface area contributed by atoms with E-state index in [2.05, 4.69) is 20.8 Å². The lowest BCUT2D eigenvalue weighted by Crippen LogP contribution is -2.35. The molecule has 19 heavy (non-hydrogen) atoms. The average Bonchev–Trinajstić information content (AvgIpc) is 2.41. The van der Waals surface area contributed by atoms with E-state index in [1.54, 1.807) is 6.07 Å². The molecular formula is C13H15BrN2O3. The first-order valence-electron chi connectivity index (χ1n) is 6.20. The highest BCUT2D eigenvalue weighted by Crippen LogP contribution is 2.25. The first-order valence-corrected chi connectivity index (χ1v) is 7.00. The van der Waals surface area contributed by atoms with Crippen molar-refractivity contribution in [1.82, 2.24) is 4.90 Å². The molecule has 1 aromatic rings. The molecule has 0 bridgehead atoms. The van der Waals surface area contributed by atoms with Gasteiger partial charge in [0.15, 0.2) is 0 Å². The first-order chi connectivity index (χ1) is 9.10. The molecule has 1 aromatic carbocycles. The minimum Gasteiger partial charge on any atom is -0.303 e. The van der Waals surface area contributed by atoms with E-state index in [9.17, 15) is 14.9 Å². The molecular weight excluding hydrogens is 312 g/mol. The Morgan fingerprint density at radius 3 is 2.95 bits per heavy atom. The third-order valence-electron chi connectivity index (χ3n) is 3.38. The molecule has 1 atom stereocenters. The number of hydrogen-bond acceptors (Lipinski definition) is 4. The highest BCUT2D eigenvalue weighted by atomic mass is 79.9. The second kappa shape index (κ2) is 6.25. The summed E-state index contributed by atoms with van der Waals surface area (Å²) < 4.78 is 0.745. The highest BCUT2D eigenvalue weighted by Gasteiger charge is 2.20. The minimum absolute atomic E-state index is 0.0834. The second-order valence-corrected chi connectivity index (χ2v) is 5.66. The molecule has 0 amide bonds. The van der Waals surface area contributed by atoms with Crippen LogP contribution in [0.5, 0.6) is 0 Å². The van der Waals surface area contributed by atoms with Gasteiger partial charge in [0.25, 0.3) is 5.69 Å². The Bertz CT molecular complexity index is 493. The Labute approximate surface area is 119 Å². The van der Waals surface area contributed by atoms with E-state index in [4.69, 9.17) is 0 Å². The van der Waals surface area contributed by atoms with Crippen LogP contribution in [0.3, 0.4) is 0 Å². The van der Waals surface area contributed by atoms with Crippen LogP contribution in [-0.4, -0.2) is 29.2 Å². The Balaban J connectivity index is 2.06. The standard InChI is InChI=1S/C13H15BrN2O3/c14-13-6-12(16(18)19)4-3-11(13)8-15-5-1-2-10(7-15)9-17/h3-4,6,9-10H,1-2,5,7-8H2. The molecule has 1 heterocycles. The van der Waals surface area contributed by atoms with Gasteiger partial charge in [-0.2, -0.15) is 0 Å². The fraction of sp³-hybridized carbons (Fsp3) is 0.462. The fourth-order valence-electron chi connectivity index (χ4n) is 2.36. The van der Waals surface area contributed by atoms with Crippen molar-refractivity contribution >= 4 is 27.9 Å². The van der Waals surface area contributed by atoms with Crippen LogP contribution in [0.2, 0.25) is 0 Å². The van der Waals surface area contributed by atoms with E-state index in [1.807, 2.05) is 0 Å². The number of nitrogens with zero attached hydrogens (tertiary/aromatic N) is 2. The normalized spacial score (nSPS) is 20.2. The molecule has 5 nitrogen and oxygen atoms in total. The maximum atomic E-state index is 10.8.